The number of halogens is 1. The number of benzene rings is 1. The number of amides is 1. The first-order valence-electron chi connectivity index (χ1n) is 5.97. The molecule has 1 aromatic carbocycles. The summed E-state index contributed by atoms with van der Waals surface area (Å²) < 4.78 is 0. The Morgan fingerprint density at radius 2 is 1.83 bits per heavy atom. The van der Waals surface area contributed by atoms with Crippen LogP contribution in [0.5, 0.6) is 0 Å². The van der Waals surface area contributed by atoms with E-state index >= 15 is 0 Å². The smallest absolute Gasteiger partial charge is 0.251 e. The van der Waals surface area contributed by atoms with Crippen molar-refractivity contribution in [2.24, 2.45) is 0 Å². The lowest BCUT2D eigenvalue weighted by Gasteiger charge is -2.32. The van der Waals surface area contributed by atoms with E-state index in [0.29, 0.717) is 18.0 Å². The zero-order valence-corrected chi connectivity index (χ0v) is 12.2. The lowest BCUT2D eigenvalue weighted by molar-refractivity contribution is 0.0919. The van der Waals surface area contributed by atoms with Crippen LogP contribution < -0.4 is 5.32 Å². The molecule has 0 aliphatic rings. The summed E-state index contributed by atoms with van der Waals surface area (Å²) in [6.45, 7) is 4.78. The molecule has 0 saturated carbocycles. The van der Waals surface area contributed by atoms with Gasteiger partial charge in [0.05, 0.1) is 0 Å². The molecule has 0 radical (unpaired) electrons. The van der Waals surface area contributed by atoms with Crippen LogP contribution in [0.25, 0.3) is 0 Å². The fourth-order valence-corrected chi connectivity index (χ4v) is 1.48. The van der Waals surface area contributed by atoms with Gasteiger partial charge in [0, 0.05) is 23.5 Å². The van der Waals surface area contributed by atoms with Gasteiger partial charge in [0.15, 0.2) is 0 Å². The first-order valence-corrected chi connectivity index (χ1v) is 6.51. The first-order chi connectivity index (χ1) is 8.36. The van der Waals surface area contributed by atoms with Crippen molar-refractivity contribution < 1.29 is 4.79 Å². The average molecular weight is 269 g/mol. The molecule has 0 heterocycles. The molecular weight excluding hydrogens is 248 g/mol. The Hall–Kier alpha value is -1.06. The molecule has 0 atom stereocenters. The minimum absolute atomic E-state index is 0.0500. The average Bonchev–Trinajstić information content (AvgIpc) is 2.36. The number of carbonyl (C=O) groups excluding carboxylic acids is 1. The fraction of sp³-hybridized carbons (Fsp3) is 0.500. The Kier molecular flexibility index (Phi) is 5.17. The number of nitrogens with one attached hydrogen (secondary N) is 1. The fourth-order valence-electron chi connectivity index (χ4n) is 1.30. The normalized spacial score (nSPS) is 11.7. The molecule has 4 heteroatoms. The van der Waals surface area contributed by atoms with Crippen molar-refractivity contribution in [3.63, 3.8) is 0 Å². The van der Waals surface area contributed by atoms with E-state index in [4.69, 9.17) is 11.6 Å². The van der Waals surface area contributed by atoms with E-state index in [-0.39, 0.29) is 11.4 Å². The molecule has 1 N–H and O–H groups in total. The van der Waals surface area contributed by atoms with Crippen LogP contribution in [-0.4, -0.2) is 37.0 Å². The van der Waals surface area contributed by atoms with Gasteiger partial charge < -0.3 is 10.2 Å². The molecule has 0 spiro atoms. The number of carbonyl (C=O) groups is 1. The topological polar surface area (TPSA) is 32.3 Å². The van der Waals surface area contributed by atoms with Gasteiger partial charge in [-0.15, -0.1) is 11.6 Å². The number of likely N-dealkylation sites (N-methyl/N-ethyl adjacent to an activating group) is 1. The first kappa shape index (κ1) is 15.0. The van der Waals surface area contributed by atoms with E-state index in [9.17, 15) is 4.79 Å². The standard InChI is InChI=1S/C14H21ClN2O/c1-14(2,17(3)4)10-16-13(18)12-7-5-11(9-15)6-8-12/h5-8H,9-10H2,1-4H3,(H,16,18). The highest BCUT2D eigenvalue weighted by Crippen LogP contribution is 2.10. The van der Waals surface area contributed by atoms with Crippen LogP contribution in [0, 0.1) is 0 Å². The summed E-state index contributed by atoms with van der Waals surface area (Å²) in [6.07, 6.45) is 0. The summed E-state index contributed by atoms with van der Waals surface area (Å²) in [6, 6.07) is 7.35. The number of hydrogen-bond donors (Lipinski definition) is 1. The zero-order chi connectivity index (χ0) is 13.8. The van der Waals surface area contributed by atoms with Crippen LogP contribution >= 0.6 is 11.6 Å². The van der Waals surface area contributed by atoms with E-state index in [1.165, 1.54) is 0 Å². The molecule has 0 aromatic heterocycles. The molecule has 0 aliphatic heterocycles. The van der Waals surface area contributed by atoms with Gasteiger partial charge in [-0.1, -0.05) is 12.1 Å². The lowest BCUT2D eigenvalue weighted by atomic mass is 10.0. The number of nitrogens with zero attached hydrogens (tertiary/aromatic N) is 1. The lowest BCUT2D eigenvalue weighted by Crippen LogP contribution is -2.48. The van der Waals surface area contributed by atoms with Crippen molar-refractivity contribution in [1.82, 2.24) is 10.2 Å². The molecule has 1 rings (SSSR count). The highest BCUT2D eigenvalue weighted by Gasteiger charge is 2.21. The molecule has 1 amide bonds. The summed E-state index contributed by atoms with van der Waals surface area (Å²) in [4.78, 5) is 14.0. The largest absolute Gasteiger partial charge is 0.350 e. The molecule has 1 aromatic rings. The second kappa shape index (κ2) is 6.21. The monoisotopic (exact) mass is 268 g/mol. The van der Waals surface area contributed by atoms with Gasteiger partial charge in [-0.3, -0.25) is 4.79 Å². The van der Waals surface area contributed by atoms with Gasteiger partial charge in [0.25, 0.3) is 5.91 Å². The van der Waals surface area contributed by atoms with Gasteiger partial charge in [-0.05, 0) is 45.6 Å². The highest BCUT2D eigenvalue weighted by atomic mass is 35.5. The van der Waals surface area contributed by atoms with Crippen LogP contribution in [-0.2, 0) is 5.88 Å². The Morgan fingerprint density at radius 3 is 2.28 bits per heavy atom. The quantitative estimate of drug-likeness (QED) is 0.833. The molecule has 18 heavy (non-hydrogen) atoms. The van der Waals surface area contributed by atoms with E-state index in [1.807, 2.05) is 26.2 Å². The molecule has 3 nitrogen and oxygen atoms in total. The van der Waals surface area contributed by atoms with Crippen LogP contribution in [0.3, 0.4) is 0 Å². The maximum atomic E-state index is 12.0. The second-order valence-electron chi connectivity index (χ2n) is 5.22. The molecule has 100 valence electrons. The van der Waals surface area contributed by atoms with Crippen molar-refractivity contribution >= 4 is 17.5 Å². The maximum Gasteiger partial charge on any atom is 0.251 e. The molecule has 0 fully saturated rings. The van der Waals surface area contributed by atoms with Crippen molar-refractivity contribution in [3.8, 4) is 0 Å². The Bertz CT molecular complexity index is 399. The van der Waals surface area contributed by atoms with Crippen LogP contribution in [0.1, 0.15) is 29.8 Å². The highest BCUT2D eigenvalue weighted by molar-refractivity contribution is 6.17. The van der Waals surface area contributed by atoms with Crippen LogP contribution in [0.15, 0.2) is 24.3 Å². The summed E-state index contributed by atoms with van der Waals surface area (Å²) in [5.74, 6) is 0.418. The van der Waals surface area contributed by atoms with Crippen LogP contribution in [0.4, 0.5) is 0 Å². The van der Waals surface area contributed by atoms with Gasteiger partial charge >= 0.3 is 0 Å². The van der Waals surface area contributed by atoms with E-state index < -0.39 is 0 Å². The third-order valence-electron chi connectivity index (χ3n) is 3.26. The number of hydrogen-bond acceptors (Lipinski definition) is 2. The minimum atomic E-state index is -0.0638. The van der Waals surface area contributed by atoms with Crippen molar-refractivity contribution in [2.75, 3.05) is 20.6 Å². The summed E-state index contributed by atoms with van der Waals surface area (Å²) in [7, 11) is 4.00. The van der Waals surface area contributed by atoms with Crippen molar-refractivity contribution in [2.45, 2.75) is 25.3 Å². The van der Waals surface area contributed by atoms with Gasteiger partial charge in [-0.25, -0.2) is 0 Å². The third kappa shape index (κ3) is 4.00. The van der Waals surface area contributed by atoms with Gasteiger partial charge in [0.1, 0.15) is 0 Å². The molecule has 0 unspecified atom stereocenters. The zero-order valence-electron chi connectivity index (χ0n) is 11.5. The Morgan fingerprint density at radius 1 is 1.28 bits per heavy atom. The SMILES string of the molecule is CN(C)C(C)(C)CNC(=O)c1ccc(CCl)cc1. The number of rotatable bonds is 5. The van der Waals surface area contributed by atoms with Crippen molar-refractivity contribution in [3.05, 3.63) is 35.4 Å². The van der Waals surface area contributed by atoms with Gasteiger partial charge in [0.2, 0.25) is 0 Å². The summed E-state index contributed by atoms with van der Waals surface area (Å²) in [5.41, 5.74) is 1.62. The second-order valence-corrected chi connectivity index (χ2v) is 5.49. The summed E-state index contributed by atoms with van der Waals surface area (Å²) in [5, 5.41) is 2.94. The van der Waals surface area contributed by atoms with Crippen LogP contribution in [0.2, 0.25) is 0 Å². The predicted molar refractivity (Wildman–Crippen MR) is 76.1 cm³/mol. The predicted octanol–water partition coefficient (Wildman–Crippen LogP) is 2.50. The van der Waals surface area contributed by atoms with Crippen molar-refractivity contribution in [1.29, 1.82) is 0 Å². The van der Waals surface area contributed by atoms with Gasteiger partial charge in [-0.2, -0.15) is 0 Å². The van der Waals surface area contributed by atoms with E-state index in [2.05, 4.69) is 24.1 Å². The molecule has 0 bridgehead atoms. The van der Waals surface area contributed by atoms with E-state index in [0.717, 1.165) is 5.56 Å². The summed E-state index contributed by atoms with van der Waals surface area (Å²) >= 11 is 5.71. The Labute approximate surface area is 114 Å². The Balaban J connectivity index is 2.60. The molecule has 0 aliphatic carbocycles. The third-order valence-corrected chi connectivity index (χ3v) is 3.57. The maximum absolute atomic E-state index is 12.0. The minimum Gasteiger partial charge on any atom is -0.350 e. The molecular formula is C14H21ClN2O. The van der Waals surface area contributed by atoms with E-state index in [1.54, 1.807) is 12.1 Å². The number of alkyl halides is 1. The molecule has 0 saturated heterocycles.